The SMILES string of the molecule is CC1(C)CS(=O)(=O)N(CCCO)C1=O. The van der Waals surface area contributed by atoms with Crippen LogP contribution in [0.3, 0.4) is 0 Å². The molecule has 0 aromatic rings. The molecule has 0 aliphatic carbocycles. The number of aliphatic hydroxyl groups excluding tert-OH is 1. The first kappa shape index (κ1) is 11.5. The maximum absolute atomic E-state index is 11.6. The van der Waals surface area contributed by atoms with E-state index < -0.39 is 15.4 Å². The van der Waals surface area contributed by atoms with Crippen molar-refractivity contribution in [1.29, 1.82) is 0 Å². The lowest BCUT2D eigenvalue weighted by Crippen LogP contribution is -2.34. The number of nitrogens with zero attached hydrogens (tertiary/aromatic N) is 1. The highest BCUT2D eigenvalue weighted by Crippen LogP contribution is 2.31. The van der Waals surface area contributed by atoms with Gasteiger partial charge in [-0.2, -0.15) is 0 Å². The van der Waals surface area contributed by atoms with Gasteiger partial charge in [-0.15, -0.1) is 0 Å². The summed E-state index contributed by atoms with van der Waals surface area (Å²) in [5.74, 6) is -0.504. The second-order valence-corrected chi connectivity index (χ2v) is 5.99. The summed E-state index contributed by atoms with van der Waals surface area (Å²) in [6.07, 6.45) is 0.293. The fraction of sp³-hybridized carbons (Fsp3) is 0.875. The average molecular weight is 221 g/mol. The standard InChI is InChI=1S/C8H15NO4S/c1-8(2)6-14(12,13)9(7(8)11)4-3-5-10/h10H,3-6H2,1-2H3. The molecule has 1 rings (SSSR count). The Morgan fingerprint density at radius 3 is 2.43 bits per heavy atom. The Bertz CT molecular complexity index is 333. The van der Waals surface area contributed by atoms with Crippen molar-refractivity contribution >= 4 is 15.9 Å². The fourth-order valence-electron chi connectivity index (χ4n) is 1.51. The smallest absolute Gasteiger partial charge is 0.242 e. The fourth-order valence-corrected chi connectivity index (χ4v) is 3.61. The van der Waals surface area contributed by atoms with Gasteiger partial charge in [0.1, 0.15) is 0 Å². The van der Waals surface area contributed by atoms with Crippen LogP contribution in [0.2, 0.25) is 0 Å². The molecule has 0 unspecified atom stereocenters. The van der Waals surface area contributed by atoms with Crippen molar-refractivity contribution < 1.29 is 18.3 Å². The number of rotatable bonds is 3. The van der Waals surface area contributed by atoms with Crippen molar-refractivity contribution in [2.24, 2.45) is 5.41 Å². The number of carbonyl (C=O) groups is 1. The van der Waals surface area contributed by atoms with Crippen LogP contribution >= 0.6 is 0 Å². The molecule has 6 heteroatoms. The highest BCUT2D eigenvalue weighted by atomic mass is 32.2. The van der Waals surface area contributed by atoms with Gasteiger partial charge in [-0.1, -0.05) is 0 Å². The zero-order chi connectivity index (χ0) is 11.0. The molecule has 1 amide bonds. The molecule has 1 fully saturated rings. The summed E-state index contributed by atoms with van der Waals surface area (Å²) < 4.78 is 23.9. The number of hydrogen-bond acceptors (Lipinski definition) is 4. The molecule has 1 aliphatic heterocycles. The Morgan fingerprint density at radius 2 is 2.07 bits per heavy atom. The van der Waals surface area contributed by atoms with Crippen molar-refractivity contribution in [3.63, 3.8) is 0 Å². The molecular weight excluding hydrogens is 206 g/mol. The van der Waals surface area contributed by atoms with Crippen LogP contribution in [0, 0.1) is 5.41 Å². The normalized spacial score (nSPS) is 24.2. The summed E-state index contributed by atoms with van der Waals surface area (Å²) in [5, 5.41) is 8.58. The van der Waals surface area contributed by atoms with Gasteiger partial charge < -0.3 is 5.11 Å². The molecule has 0 bridgehead atoms. The van der Waals surface area contributed by atoms with E-state index in [0.717, 1.165) is 4.31 Å². The second-order valence-electron chi connectivity index (χ2n) is 4.09. The summed E-state index contributed by atoms with van der Waals surface area (Å²) in [5.41, 5.74) is -0.825. The summed E-state index contributed by atoms with van der Waals surface area (Å²) in [4.78, 5) is 11.6. The third kappa shape index (κ3) is 1.90. The highest BCUT2D eigenvalue weighted by Gasteiger charge is 2.48. The van der Waals surface area contributed by atoms with E-state index in [2.05, 4.69) is 0 Å². The summed E-state index contributed by atoms with van der Waals surface area (Å²) in [7, 11) is -3.44. The number of sulfonamides is 1. The molecule has 1 saturated heterocycles. The van der Waals surface area contributed by atoms with Crippen molar-refractivity contribution in [3.8, 4) is 0 Å². The van der Waals surface area contributed by atoms with Gasteiger partial charge in [0.05, 0.1) is 11.2 Å². The Kier molecular flexibility index (Phi) is 2.87. The van der Waals surface area contributed by atoms with Crippen molar-refractivity contribution in [1.82, 2.24) is 4.31 Å². The molecule has 0 spiro atoms. The number of amides is 1. The van der Waals surface area contributed by atoms with Crippen molar-refractivity contribution in [2.75, 3.05) is 18.9 Å². The van der Waals surface area contributed by atoms with Crippen LogP contribution in [0.5, 0.6) is 0 Å². The van der Waals surface area contributed by atoms with Crippen LogP contribution in [-0.4, -0.2) is 42.6 Å². The third-order valence-electron chi connectivity index (χ3n) is 2.20. The lowest BCUT2D eigenvalue weighted by Gasteiger charge is -2.16. The molecule has 0 saturated carbocycles. The van der Waals surface area contributed by atoms with Crippen LogP contribution in [-0.2, 0) is 14.8 Å². The molecule has 14 heavy (non-hydrogen) atoms. The maximum Gasteiger partial charge on any atom is 0.242 e. The van der Waals surface area contributed by atoms with Gasteiger partial charge in [0.15, 0.2) is 0 Å². The number of carbonyl (C=O) groups excluding carboxylic acids is 1. The van der Waals surface area contributed by atoms with Crippen LogP contribution in [0.1, 0.15) is 20.3 Å². The first-order valence-electron chi connectivity index (χ1n) is 4.47. The van der Waals surface area contributed by atoms with Gasteiger partial charge in [-0.05, 0) is 20.3 Å². The van der Waals surface area contributed by atoms with Gasteiger partial charge >= 0.3 is 0 Å². The topological polar surface area (TPSA) is 74.7 Å². The molecule has 0 aromatic carbocycles. The molecule has 82 valence electrons. The number of hydrogen-bond donors (Lipinski definition) is 1. The molecular formula is C8H15NO4S. The predicted octanol–water partition coefficient (Wildman–Crippen LogP) is -0.433. The predicted molar refractivity (Wildman–Crippen MR) is 51.0 cm³/mol. The largest absolute Gasteiger partial charge is 0.396 e. The number of aliphatic hydroxyl groups is 1. The van der Waals surface area contributed by atoms with Gasteiger partial charge in [-0.3, -0.25) is 4.79 Å². The van der Waals surface area contributed by atoms with Crippen LogP contribution < -0.4 is 0 Å². The molecule has 0 aromatic heterocycles. The minimum absolute atomic E-state index is 0.0844. The first-order chi connectivity index (χ1) is 6.31. The lowest BCUT2D eigenvalue weighted by atomic mass is 9.95. The van der Waals surface area contributed by atoms with E-state index in [9.17, 15) is 13.2 Å². The summed E-state index contributed by atoms with van der Waals surface area (Å²) in [6, 6.07) is 0. The van der Waals surface area contributed by atoms with E-state index in [0.29, 0.717) is 6.42 Å². The average Bonchev–Trinajstić information content (AvgIpc) is 2.16. The zero-order valence-electron chi connectivity index (χ0n) is 8.36. The van der Waals surface area contributed by atoms with Crippen LogP contribution in [0.4, 0.5) is 0 Å². The highest BCUT2D eigenvalue weighted by molar-refractivity contribution is 7.90. The Labute approximate surface area is 83.8 Å². The molecule has 1 aliphatic rings. The third-order valence-corrected chi connectivity index (χ3v) is 4.31. The summed E-state index contributed by atoms with van der Waals surface area (Å²) in [6.45, 7) is 3.21. The molecule has 0 radical (unpaired) electrons. The van der Waals surface area contributed by atoms with E-state index in [-0.39, 0.29) is 24.8 Å². The Hall–Kier alpha value is -0.620. The molecule has 0 atom stereocenters. The van der Waals surface area contributed by atoms with E-state index in [1.165, 1.54) is 0 Å². The van der Waals surface area contributed by atoms with Gasteiger partial charge in [-0.25, -0.2) is 12.7 Å². The van der Waals surface area contributed by atoms with Crippen LogP contribution in [0.15, 0.2) is 0 Å². The van der Waals surface area contributed by atoms with Crippen LogP contribution in [0.25, 0.3) is 0 Å². The molecule has 5 nitrogen and oxygen atoms in total. The summed E-state index contributed by atoms with van der Waals surface area (Å²) >= 11 is 0. The van der Waals surface area contributed by atoms with E-state index >= 15 is 0 Å². The minimum Gasteiger partial charge on any atom is -0.396 e. The van der Waals surface area contributed by atoms with Gasteiger partial charge in [0.25, 0.3) is 0 Å². The van der Waals surface area contributed by atoms with E-state index in [1.807, 2.05) is 0 Å². The molecule has 1 heterocycles. The quantitative estimate of drug-likeness (QED) is 0.701. The zero-order valence-corrected chi connectivity index (χ0v) is 9.17. The Morgan fingerprint density at radius 1 is 1.50 bits per heavy atom. The monoisotopic (exact) mass is 221 g/mol. The maximum atomic E-state index is 11.6. The van der Waals surface area contributed by atoms with E-state index in [4.69, 9.17) is 5.11 Å². The first-order valence-corrected chi connectivity index (χ1v) is 6.08. The second kappa shape index (κ2) is 3.51. The lowest BCUT2D eigenvalue weighted by molar-refractivity contribution is -0.132. The van der Waals surface area contributed by atoms with Gasteiger partial charge in [0, 0.05) is 13.2 Å². The van der Waals surface area contributed by atoms with E-state index in [1.54, 1.807) is 13.8 Å². The minimum atomic E-state index is -3.44. The van der Waals surface area contributed by atoms with Gasteiger partial charge in [0.2, 0.25) is 15.9 Å². The molecule has 1 N–H and O–H groups in total. The van der Waals surface area contributed by atoms with Crippen molar-refractivity contribution in [3.05, 3.63) is 0 Å². The Balaban J connectivity index is 2.89. The van der Waals surface area contributed by atoms with Crippen molar-refractivity contribution in [2.45, 2.75) is 20.3 Å².